The van der Waals surface area contributed by atoms with Crippen molar-refractivity contribution in [3.63, 3.8) is 0 Å². The molecule has 1 aromatic heterocycles. The second kappa shape index (κ2) is 7.99. The summed E-state index contributed by atoms with van der Waals surface area (Å²) in [5.74, 6) is 0.744. The van der Waals surface area contributed by atoms with Gasteiger partial charge in [0.15, 0.2) is 6.73 Å². The number of nitrogens with one attached hydrogen (secondary N) is 1. The molecule has 0 spiro atoms. The summed E-state index contributed by atoms with van der Waals surface area (Å²) in [4.78, 5) is 12.3. The molecule has 1 amide bonds. The van der Waals surface area contributed by atoms with Crippen LogP contribution >= 0.6 is 0 Å². The van der Waals surface area contributed by atoms with E-state index in [1.165, 1.54) is 25.7 Å². The summed E-state index contributed by atoms with van der Waals surface area (Å²) in [7, 11) is 0. The lowest BCUT2D eigenvalue weighted by molar-refractivity contribution is 0.0926. The van der Waals surface area contributed by atoms with Crippen LogP contribution in [0, 0.1) is 6.92 Å². The van der Waals surface area contributed by atoms with Crippen molar-refractivity contribution in [3.8, 4) is 5.75 Å². The average molecular weight is 327 g/mol. The van der Waals surface area contributed by atoms with Crippen LogP contribution in [0.15, 0.2) is 36.5 Å². The van der Waals surface area contributed by atoms with E-state index in [0.29, 0.717) is 12.4 Å². The second-order valence-corrected chi connectivity index (χ2v) is 6.44. The van der Waals surface area contributed by atoms with Crippen molar-refractivity contribution in [1.29, 1.82) is 0 Å². The van der Waals surface area contributed by atoms with Crippen molar-refractivity contribution < 1.29 is 9.53 Å². The fourth-order valence-corrected chi connectivity index (χ4v) is 3.09. The van der Waals surface area contributed by atoms with E-state index in [1.54, 1.807) is 16.9 Å². The third kappa shape index (κ3) is 4.37. The SMILES string of the molecule is Cc1ccccc1OCn1ccc(C(=O)NC2CCCCCC2)n1. The molecule has 0 unspecified atom stereocenters. The Hall–Kier alpha value is -2.30. The lowest BCUT2D eigenvalue weighted by Crippen LogP contribution is -2.34. The maximum atomic E-state index is 12.3. The maximum absolute atomic E-state index is 12.3. The molecule has 1 aliphatic rings. The molecule has 0 radical (unpaired) electrons. The molecule has 128 valence electrons. The fraction of sp³-hybridized carbons (Fsp3) is 0.474. The van der Waals surface area contributed by atoms with Crippen LogP contribution in [-0.2, 0) is 6.73 Å². The smallest absolute Gasteiger partial charge is 0.271 e. The first kappa shape index (κ1) is 16.6. The molecular formula is C19H25N3O2. The Labute approximate surface area is 143 Å². The molecule has 5 nitrogen and oxygen atoms in total. The van der Waals surface area contributed by atoms with Crippen LogP contribution in [0.5, 0.6) is 5.75 Å². The highest BCUT2D eigenvalue weighted by molar-refractivity contribution is 5.92. The van der Waals surface area contributed by atoms with Gasteiger partial charge in [-0.1, -0.05) is 43.9 Å². The summed E-state index contributed by atoms with van der Waals surface area (Å²) in [5, 5.41) is 7.44. The Balaban J connectivity index is 1.54. The monoisotopic (exact) mass is 327 g/mol. The molecule has 1 heterocycles. The van der Waals surface area contributed by atoms with Crippen LogP contribution in [0.1, 0.15) is 54.6 Å². The number of ether oxygens (including phenoxy) is 1. The minimum atomic E-state index is -0.0865. The number of carbonyl (C=O) groups excluding carboxylic acids is 1. The number of amides is 1. The number of aromatic nitrogens is 2. The van der Waals surface area contributed by atoms with Gasteiger partial charge in [-0.25, -0.2) is 4.68 Å². The fourth-order valence-electron chi connectivity index (χ4n) is 3.09. The first-order valence-corrected chi connectivity index (χ1v) is 8.75. The molecule has 0 bridgehead atoms. The quantitative estimate of drug-likeness (QED) is 0.852. The Morgan fingerprint density at radius 2 is 1.96 bits per heavy atom. The summed E-state index contributed by atoms with van der Waals surface area (Å²) in [5.41, 5.74) is 1.53. The van der Waals surface area contributed by atoms with E-state index in [9.17, 15) is 4.79 Å². The van der Waals surface area contributed by atoms with Crippen LogP contribution in [-0.4, -0.2) is 21.7 Å². The van der Waals surface area contributed by atoms with Crippen molar-refractivity contribution in [2.24, 2.45) is 0 Å². The highest BCUT2D eigenvalue weighted by Crippen LogP contribution is 2.18. The second-order valence-electron chi connectivity index (χ2n) is 6.44. The molecule has 1 fully saturated rings. The molecule has 0 saturated heterocycles. The number of hydrogen-bond acceptors (Lipinski definition) is 3. The van der Waals surface area contributed by atoms with Gasteiger partial charge < -0.3 is 10.1 Å². The van der Waals surface area contributed by atoms with Crippen molar-refractivity contribution in [1.82, 2.24) is 15.1 Å². The molecule has 24 heavy (non-hydrogen) atoms. The van der Waals surface area contributed by atoms with Crippen LogP contribution in [0.3, 0.4) is 0 Å². The van der Waals surface area contributed by atoms with E-state index in [1.807, 2.05) is 31.2 Å². The van der Waals surface area contributed by atoms with Gasteiger partial charge >= 0.3 is 0 Å². The van der Waals surface area contributed by atoms with Gasteiger partial charge in [0.2, 0.25) is 0 Å². The average Bonchev–Trinajstić information content (AvgIpc) is 2.92. The molecule has 5 heteroatoms. The number of rotatable bonds is 5. The molecule has 0 atom stereocenters. The van der Waals surface area contributed by atoms with Gasteiger partial charge in [0.1, 0.15) is 11.4 Å². The van der Waals surface area contributed by atoms with Gasteiger partial charge in [0.05, 0.1) is 0 Å². The van der Waals surface area contributed by atoms with Crippen molar-refractivity contribution in [3.05, 3.63) is 47.8 Å². The summed E-state index contributed by atoms with van der Waals surface area (Å²) >= 11 is 0. The van der Waals surface area contributed by atoms with E-state index in [4.69, 9.17) is 4.74 Å². The zero-order valence-corrected chi connectivity index (χ0v) is 14.2. The summed E-state index contributed by atoms with van der Waals surface area (Å²) < 4.78 is 7.40. The Bertz CT molecular complexity index is 673. The highest BCUT2D eigenvalue weighted by Gasteiger charge is 2.17. The number of carbonyl (C=O) groups is 1. The molecule has 3 rings (SSSR count). The molecule has 0 aliphatic heterocycles. The van der Waals surface area contributed by atoms with Gasteiger partial charge in [-0.05, 0) is 37.5 Å². The molecule has 1 saturated carbocycles. The van der Waals surface area contributed by atoms with Gasteiger partial charge in [-0.15, -0.1) is 0 Å². The third-order valence-corrected chi connectivity index (χ3v) is 4.51. The number of para-hydroxylation sites is 1. The Kier molecular flexibility index (Phi) is 5.51. The zero-order valence-electron chi connectivity index (χ0n) is 14.2. The van der Waals surface area contributed by atoms with E-state index in [2.05, 4.69) is 10.4 Å². The zero-order chi connectivity index (χ0) is 16.8. The molecule has 1 aromatic carbocycles. The van der Waals surface area contributed by atoms with Crippen LogP contribution in [0.4, 0.5) is 0 Å². The summed E-state index contributed by atoms with van der Waals surface area (Å²) in [6, 6.07) is 9.88. The van der Waals surface area contributed by atoms with Crippen molar-refractivity contribution >= 4 is 5.91 Å². The molecule has 2 aromatic rings. The normalized spacial score (nSPS) is 15.7. The van der Waals surface area contributed by atoms with Gasteiger partial charge in [0.25, 0.3) is 5.91 Å². The summed E-state index contributed by atoms with van der Waals surface area (Å²) in [6.45, 7) is 2.30. The van der Waals surface area contributed by atoms with Crippen LogP contribution < -0.4 is 10.1 Å². The Morgan fingerprint density at radius 3 is 2.71 bits per heavy atom. The van der Waals surface area contributed by atoms with E-state index < -0.39 is 0 Å². The minimum absolute atomic E-state index is 0.0865. The number of nitrogens with zero attached hydrogens (tertiary/aromatic N) is 2. The van der Waals surface area contributed by atoms with Crippen molar-refractivity contribution in [2.75, 3.05) is 0 Å². The van der Waals surface area contributed by atoms with E-state index in [0.717, 1.165) is 24.2 Å². The van der Waals surface area contributed by atoms with Gasteiger partial charge in [0, 0.05) is 12.2 Å². The van der Waals surface area contributed by atoms with Crippen LogP contribution in [0.25, 0.3) is 0 Å². The predicted octanol–water partition coefficient (Wildman–Crippen LogP) is 3.68. The third-order valence-electron chi connectivity index (χ3n) is 4.51. The maximum Gasteiger partial charge on any atom is 0.271 e. The molecular weight excluding hydrogens is 302 g/mol. The molecule has 1 aliphatic carbocycles. The topological polar surface area (TPSA) is 56.1 Å². The highest BCUT2D eigenvalue weighted by atomic mass is 16.5. The first-order valence-electron chi connectivity index (χ1n) is 8.75. The standard InChI is InChI=1S/C19H25N3O2/c1-15-8-6-7-11-18(15)24-14-22-13-12-17(21-22)19(23)20-16-9-4-2-3-5-10-16/h6-8,11-13,16H,2-5,9-10,14H2,1H3,(H,20,23). The van der Waals surface area contributed by atoms with E-state index in [-0.39, 0.29) is 11.9 Å². The number of benzene rings is 1. The predicted molar refractivity (Wildman–Crippen MR) is 93.0 cm³/mol. The van der Waals surface area contributed by atoms with E-state index >= 15 is 0 Å². The number of aryl methyl sites for hydroxylation is 1. The summed E-state index contributed by atoms with van der Waals surface area (Å²) in [6.07, 6.45) is 8.87. The van der Waals surface area contributed by atoms with Gasteiger partial charge in [-0.2, -0.15) is 5.10 Å². The Morgan fingerprint density at radius 1 is 1.21 bits per heavy atom. The first-order chi connectivity index (χ1) is 11.7. The number of hydrogen-bond donors (Lipinski definition) is 1. The lowest BCUT2D eigenvalue weighted by atomic mass is 10.1. The van der Waals surface area contributed by atoms with Gasteiger partial charge in [-0.3, -0.25) is 4.79 Å². The van der Waals surface area contributed by atoms with Crippen molar-refractivity contribution in [2.45, 2.75) is 58.2 Å². The minimum Gasteiger partial charge on any atom is -0.471 e. The largest absolute Gasteiger partial charge is 0.471 e. The van der Waals surface area contributed by atoms with Crippen LogP contribution in [0.2, 0.25) is 0 Å². The molecule has 1 N–H and O–H groups in total. The lowest BCUT2D eigenvalue weighted by Gasteiger charge is -2.15.